The maximum Gasteiger partial charge on any atom is 0.417 e. The van der Waals surface area contributed by atoms with E-state index in [2.05, 4.69) is 4.74 Å². The van der Waals surface area contributed by atoms with Gasteiger partial charge in [-0.05, 0) is 12.1 Å². The van der Waals surface area contributed by atoms with Crippen LogP contribution < -0.4 is 5.43 Å². The Balaban J connectivity index is 2.93. The van der Waals surface area contributed by atoms with Crippen molar-refractivity contribution < 1.29 is 31.1 Å². The number of nitrogens with zero attached hydrogens (tertiary/aromatic N) is 1. The molecular formula is C15H12F3NO5S. The number of methoxy groups -OCH3 is 1. The van der Waals surface area contributed by atoms with Crippen molar-refractivity contribution in [2.75, 3.05) is 13.4 Å². The molecule has 0 aliphatic carbocycles. The topological polar surface area (TPSA) is 82.4 Å². The highest BCUT2D eigenvalue weighted by Crippen LogP contribution is 2.36. The Labute approximate surface area is 140 Å². The summed E-state index contributed by atoms with van der Waals surface area (Å²) in [5, 5.41) is 0. The van der Waals surface area contributed by atoms with Gasteiger partial charge in [-0.2, -0.15) is 13.2 Å². The van der Waals surface area contributed by atoms with Crippen LogP contribution in [0.2, 0.25) is 0 Å². The van der Waals surface area contributed by atoms with Gasteiger partial charge in [0.25, 0.3) is 0 Å². The fraction of sp³-hybridized carbons (Fsp3) is 0.200. The van der Waals surface area contributed by atoms with Crippen molar-refractivity contribution in [2.45, 2.75) is 11.1 Å². The first-order chi connectivity index (χ1) is 11.4. The first kappa shape index (κ1) is 18.7. The van der Waals surface area contributed by atoms with Gasteiger partial charge in [0.05, 0.1) is 28.8 Å². The summed E-state index contributed by atoms with van der Waals surface area (Å²) in [5.41, 5.74) is -3.01. The molecule has 6 nitrogen and oxygen atoms in total. The normalized spacial score (nSPS) is 12.0. The van der Waals surface area contributed by atoms with Crippen LogP contribution >= 0.6 is 0 Å². The lowest BCUT2D eigenvalue weighted by molar-refractivity contribution is -0.138. The number of esters is 1. The molecule has 1 aromatic carbocycles. The van der Waals surface area contributed by atoms with E-state index in [1.165, 1.54) is 0 Å². The number of carbonyl (C=O) groups is 1. The third kappa shape index (κ3) is 3.90. The number of rotatable bonds is 3. The molecule has 0 fully saturated rings. The second-order valence-electron chi connectivity index (χ2n) is 5.07. The maximum absolute atomic E-state index is 13.3. The van der Waals surface area contributed by atoms with Gasteiger partial charge < -0.3 is 9.30 Å². The number of benzene rings is 1. The zero-order valence-electron chi connectivity index (χ0n) is 13.0. The molecule has 134 valence electrons. The van der Waals surface area contributed by atoms with Gasteiger partial charge in [-0.1, -0.05) is 0 Å². The number of alkyl halides is 3. The summed E-state index contributed by atoms with van der Waals surface area (Å²) in [6.07, 6.45) is -1.87. The monoisotopic (exact) mass is 375 g/mol. The molecule has 0 unspecified atom stereocenters. The second kappa shape index (κ2) is 6.36. The van der Waals surface area contributed by atoms with E-state index in [4.69, 9.17) is 0 Å². The number of halogens is 3. The summed E-state index contributed by atoms with van der Waals surface area (Å²) < 4.78 is 69.3. The molecule has 10 heteroatoms. The summed E-state index contributed by atoms with van der Waals surface area (Å²) in [5.74, 6) is -1.32. The van der Waals surface area contributed by atoms with Crippen LogP contribution in [-0.4, -0.2) is 32.3 Å². The van der Waals surface area contributed by atoms with Gasteiger partial charge in [-0.25, -0.2) is 13.2 Å². The van der Waals surface area contributed by atoms with E-state index in [1.807, 2.05) is 0 Å². The zero-order chi connectivity index (χ0) is 19.0. The minimum Gasteiger partial charge on any atom is -0.465 e. The third-order valence-corrected chi connectivity index (χ3v) is 4.41. The molecule has 0 bridgehead atoms. The lowest BCUT2D eigenvalue weighted by Gasteiger charge is -2.17. The van der Waals surface area contributed by atoms with Gasteiger partial charge in [-0.15, -0.1) is 0 Å². The summed E-state index contributed by atoms with van der Waals surface area (Å²) in [6, 6.07) is 3.28. The molecule has 2 aromatic rings. The number of hydrogen-bond donors (Lipinski definition) is 0. The number of carbonyl (C=O) groups excluding carboxylic acids is 1. The van der Waals surface area contributed by atoms with E-state index in [0.29, 0.717) is 12.1 Å². The predicted molar refractivity (Wildman–Crippen MR) is 81.5 cm³/mol. The fourth-order valence-corrected chi connectivity index (χ4v) is 3.03. The minimum absolute atomic E-state index is 0.345. The van der Waals surface area contributed by atoms with Gasteiger partial charge in [0.2, 0.25) is 0 Å². The number of hydrogen-bond acceptors (Lipinski definition) is 5. The average Bonchev–Trinajstić information content (AvgIpc) is 2.52. The molecule has 1 heterocycles. The Kier molecular flexibility index (Phi) is 4.76. The molecule has 0 saturated carbocycles. The Morgan fingerprint density at radius 1 is 1.16 bits per heavy atom. The third-order valence-electron chi connectivity index (χ3n) is 3.29. The average molecular weight is 375 g/mol. The molecular weight excluding hydrogens is 363 g/mol. The van der Waals surface area contributed by atoms with Gasteiger partial charge in [0, 0.05) is 30.8 Å². The van der Waals surface area contributed by atoms with E-state index in [1.54, 1.807) is 0 Å². The first-order valence-electron chi connectivity index (χ1n) is 6.67. The molecule has 0 N–H and O–H groups in total. The zero-order valence-corrected chi connectivity index (χ0v) is 13.8. The van der Waals surface area contributed by atoms with E-state index < -0.39 is 43.4 Å². The van der Waals surface area contributed by atoms with Crippen LogP contribution in [0.3, 0.4) is 0 Å². The quantitative estimate of drug-likeness (QED) is 0.767. The van der Waals surface area contributed by atoms with Crippen molar-refractivity contribution in [1.29, 1.82) is 0 Å². The fourth-order valence-electron chi connectivity index (χ4n) is 2.15. The molecule has 0 aliphatic heterocycles. The van der Waals surface area contributed by atoms with Crippen LogP contribution in [0.4, 0.5) is 13.2 Å². The number of pyridine rings is 1. The molecule has 2 rings (SSSR count). The minimum atomic E-state index is -4.92. The van der Waals surface area contributed by atoms with Crippen molar-refractivity contribution in [2.24, 2.45) is 0 Å². The van der Waals surface area contributed by atoms with Crippen LogP contribution in [0.15, 0.2) is 46.3 Å². The van der Waals surface area contributed by atoms with Crippen molar-refractivity contribution in [1.82, 2.24) is 4.57 Å². The Morgan fingerprint density at radius 2 is 1.72 bits per heavy atom. The van der Waals surface area contributed by atoms with E-state index in [9.17, 15) is 31.2 Å². The number of sulfone groups is 1. The van der Waals surface area contributed by atoms with E-state index in [-0.39, 0.29) is 5.69 Å². The molecule has 0 amide bonds. The molecule has 0 aliphatic rings. The molecule has 0 spiro atoms. The van der Waals surface area contributed by atoms with Gasteiger partial charge >= 0.3 is 12.1 Å². The number of ether oxygens (including phenoxy) is 1. The number of aromatic nitrogens is 1. The summed E-state index contributed by atoms with van der Waals surface area (Å²) in [7, 11) is -3.11. The Hall–Kier alpha value is -2.62. The van der Waals surface area contributed by atoms with E-state index in [0.717, 1.165) is 42.5 Å². The molecule has 0 atom stereocenters. The molecule has 0 radical (unpaired) electrons. The maximum atomic E-state index is 13.3. The first-order valence-corrected chi connectivity index (χ1v) is 8.56. The van der Waals surface area contributed by atoms with E-state index >= 15 is 0 Å². The second-order valence-corrected chi connectivity index (χ2v) is 7.05. The highest BCUT2D eigenvalue weighted by atomic mass is 32.2. The van der Waals surface area contributed by atoms with Crippen LogP contribution in [-0.2, 0) is 20.8 Å². The van der Waals surface area contributed by atoms with Crippen molar-refractivity contribution in [3.8, 4) is 5.69 Å². The lowest BCUT2D eigenvalue weighted by atomic mass is 10.1. The highest BCUT2D eigenvalue weighted by molar-refractivity contribution is 7.90. The standard InChI is InChI=1S/C15H12F3NO5S/c1-24-14(21)10-7-13(25(2,22)23)12(8-11(10)15(16,17)18)19-5-3-9(20)4-6-19/h3-8H,1-2H3. The Bertz CT molecular complexity index is 973. The van der Waals surface area contributed by atoms with Crippen molar-refractivity contribution >= 4 is 15.8 Å². The smallest absolute Gasteiger partial charge is 0.417 e. The summed E-state index contributed by atoms with van der Waals surface area (Å²) in [4.78, 5) is 22.3. The predicted octanol–water partition coefficient (Wildman–Crippen LogP) is 2.05. The lowest BCUT2D eigenvalue weighted by Crippen LogP contribution is -2.18. The van der Waals surface area contributed by atoms with Crippen LogP contribution in [0.25, 0.3) is 5.69 Å². The largest absolute Gasteiger partial charge is 0.465 e. The van der Waals surface area contributed by atoms with Gasteiger partial charge in [0.15, 0.2) is 15.3 Å². The Morgan fingerprint density at radius 3 is 2.16 bits per heavy atom. The molecule has 0 saturated heterocycles. The van der Waals surface area contributed by atoms with Gasteiger partial charge in [-0.3, -0.25) is 4.79 Å². The van der Waals surface area contributed by atoms with Crippen LogP contribution in [0.5, 0.6) is 0 Å². The van der Waals surface area contributed by atoms with Crippen molar-refractivity contribution in [3.63, 3.8) is 0 Å². The molecule has 1 aromatic heterocycles. The summed E-state index contributed by atoms with van der Waals surface area (Å²) >= 11 is 0. The van der Waals surface area contributed by atoms with Crippen molar-refractivity contribution in [3.05, 3.63) is 58.0 Å². The van der Waals surface area contributed by atoms with Crippen LogP contribution in [0, 0.1) is 0 Å². The molecule has 25 heavy (non-hydrogen) atoms. The van der Waals surface area contributed by atoms with Gasteiger partial charge in [0.1, 0.15) is 0 Å². The summed E-state index contributed by atoms with van der Waals surface area (Å²) in [6.45, 7) is 0. The highest BCUT2D eigenvalue weighted by Gasteiger charge is 2.37. The SMILES string of the molecule is COC(=O)c1cc(S(C)(=O)=O)c(-n2ccc(=O)cc2)cc1C(F)(F)F. The van der Waals surface area contributed by atoms with Crippen LogP contribution in [0.1, 0.15) is 15.9 Å².